The molecule has 1 N–H and O–H groups in total. The summed E-state index contributed by atoms with van der Waals surface area (Å²) < 4.78 is 19.8. The Labute approximate surface area is 189 Å². The molecule has 0 spiro atoms. The molecule has 1 rings (SSSR count). The highest BCUT2D eigenvalue weighted by molar-refractivity contribution is 6.74. The molecule has 0 saturated carbocycles. The maximum atomic E-state index is 10.8. The van der Waals surface area contributed by atoms with Crippen LogP contribution in [0.4, 0.5) is 0 Å². The normalized spacial score (nSPS) is 25.8. The van der Waals surface area contributed by atoms with E-state index in [1.807, 2.05) is 19.9 Å². The van der Waals surface area contributed by atoms with Gasteiger partial charge in [0.15, 0.2) is 22.9 Å². The van der Waals surface area contributed by atoms with Crippen LogP contribution in [-0.4, -0.2) is 46.3 Å². The van der Waals surface area contributed by atoms with E-state index in [4.69, 9.17) is 13.6 Å². The molecule has 1 fully saturated rings. The summed E-state index contributed by atoms with van der Waals surface area (Å²) in [6.07, 6.45) is 3.17. The van der Waals surface area contributed by atoms with Gasteiger partial charge in [0.2, 0.25) is 0 Å². The molecular formula is C24H50O4Si2. The van der Waals surface area contributed by atoms with E-state index in [9.17, 15) is 5.11 Å². The monoisotopic (exact) mass is 458 g/mol. The Morgan fingerprint density at radius 1 is 0.933 bits per heavy atom. The minimum absolute atomic E-state index is 0.0856. The van der Waals surface area contributed by atoms with Crippen LogP contribution in [0.5, 0.6) is 0 Å². The van der Waals surface area contributed by atoms with Gasteiger partial charge in [-0.05, 0) is 42.7 Å². The first-order chi connectivity index (χ1) is 13.2. The molecule has 0 radical (unpaired) electrons. The predicted molar refractivity (Wildman–Crippen MR) is 133 cm³/mol. The fourth-order valence-electron chi connectivity index (χ4n) is 3.04. The van der Waals surface area contributed by atoms with Gasteiger partial charge in [-0.1, -0.05) is 61.5 Å². The van der Waals surface area contributed by atoms with Crippen LogP contribution in [0.1, 0.15) is 74.7 Å². The molecule has 4 nitrogen and oxygen atoms in total. The summed E-state index contributed by atoms with van der Waals surface area (Å²) in [4.78, 5) is 0. The minimum Gasteiger partial charge on any atom is -0.414 e. The molecule has 1 heterocycles. The lowest BCUT2D eigenvalue weighted by Crippen LogP contribution is -2.52. The largest absolute Gasteiger partial charge is 0.414 e. The lowest BCUT2D eigenvalue weighted by Gasteiger charge is -2.46. The maximum Gasteiger partial charge on any atom is 0.195 e. The number of aliphatic hydroxyl groups is 1. The summed E-state index contributed by atoms with van der Waals surface area (Å²) in [6.45, 7) is 30.6. The SMILES string of the molecule is C=CC(C)(C)[C@@H](O)C[C@H]1C[C@@H](O[Si](C)(C)C(C)(C)C)C[C@@H](O[Si](C)(C)C(C)(C)C)O1. The van der Waals surface area contributed by atoms with Gasteiger partial charge in [-0.3, -0.25) is 0 Å². The van der Waals surface area contributed by atoms with E-state index in [-0.39, 0.29) is 34.0 Å². The van der Waals surface area contributed by atoms with Crippen molar-refractivity contribution in [1.82, 2.24) is 0 Å². The Hall–Kier alpha value is 0.0138. The van der Waals surface area contributed by atoms with Crippen LogP contribution in [0.3, 0.4) is 0 Å². The zero-order valence-electron chi connectivity index (χ0n) is 21.9. The van der Waals surface area contributed by atoms with Crippen LogP contribution in [0, 0.1) is 5.41 Å². The first kappa shape index (κ1) is 28.0. The molecule has 0 aromatic rings. The molecule has 0 aromatic heterocycles. The van der Waals surface area contributed by atoms with Crippen molar-refractivity contribution in [1.29, 1.82) is 0 Å². The average Bonchev–Trinajstić information content (AvgIpc) is 2.51. The van der Waals surface area contributed by atoms with Gasteiger partial charge in [0.05, 0.1) is 18.3 Å². The summed E-state index contributed by atoms with van der Waals surface area (Å²) in [5.74, 6) is 0. The summed E-state index contributed by atoms with van der Waals surface area (Å²) in [7, 11) is -3.89. The topological polar surface area (TPSA) is 47.9 Å². The molecule has 30 heavy (non-hydrogen) atoms. The van der Waals surface area contributed by atoms with Crippen molar-refractivity contribution in [2.75, 3.05) is 0 Å². The molecule has 0 aromatic carbocycles. The van der Waals surface area contributed by atoms with Crippen molar-refractivity contribution in [2.24, 2.45) is 5.41 Å². The van der Waals surface area contributed by atoms with Crippen molar-refractivity contribution in [2.45, 2.75) is 136 Å². The van der Waals surface area contributed by atoms with Gasteiger partial charge in [-0.2, -0.15) is 0 Å². The number of aliphatic hydroxyl groups excluding tert-OH is 1. The Balaban J connectivity index is 3.06. The smallest absolute Gasteiger partial charge is 0.195 e. The highest BCUT2D eigenvalue weighted by Crippen LogP contribution is 2.42. The third-order valence-corrected chi connectivity index (χ3v) is 16.7. The molecule has 0 aliphatic carbocycles. The molecule has 178 valence electrons. The lowest BCUT2D eigenvalue weighted by molar-refractivity contribution is -0.188. The molecule has 0 bridgehead atoms. The maximum absolute atomic E-state index is 10.8. The Morgan fingerprint density at radius 3 is 1.83 bits per heavy atom. The van der Waals surface area contributed by atoms with Crippen LogP contribution in [0.2, 0.25) is 36.3 Å². The third kappa shape index (κ3) is 7.27. The molecular weight excluding hydrogens is 408 g/mol. The third-order valence-electron chi connectivity index (χ3n) is 7.70. The van der Waals surface area contributed by atoms with Gasteiger partial charge < -0.3 is 18.7 Å². The van der Waals surface area contributed by atoms with E-state index in [0.717, 1.165) is 12.8 Å². The molecule has 1 aliphatic heterocycles. The highest BCUT2D eigenvalue weighted by atomic mass is 28.4. The first-order valence-corrected chi connectivity index (χ1v) is 17.4. The van der Waals surface area contributed by atoms with Crippen LogP contribution < -0.4 is 0 Å². The van der Waals surface area contributed by atoms with Crippen LogP contribution >= 0.6 is 0 Å². The van der Waals surface area contributed by atoms with Crippen molar-refractivity contribution in [3.8, 4) is 0 Å². The highest BCUT2D eigenvalue weighted by Gasteiger charge is 2.45. The van der Waals surface area contributed by atoms with Gasteiger partial charge in [0.1, 0.15) is 0 Å². The average molecular weight is 459 g/mol. The number of rotatable bonds is 8. The fraction of sp³-hybridized carbons (Fsp3) is 0.917. The van der Waals surface area contributed by atoms with Crippen molar-refractivity contribution in [3.05, 3.63) is 12.7 Å². The molecule has 0 amide bonds. The Bertz CT molecular complexity index is 537. The standard InChI is InChI=1S/C24H50O4Si2/c1-14-24(8,9)20(25)16-18-15-19(27-29(10,11)22(2,3)4)17-21(26-18)28-30(12,13)23(5,6)7/h14,18-21,25H,1,15-17H2,2-13H3/t18-,19-,20+,21-/m1/s1. The number of hydrogen-bond donors (Lipinski definition) is 1. The van der Waals surface area contributed by atoms with Crippen LogP contribution in [0.25, 0.3) is 0 Å². The number of ether oxygens (including phenoxy) is 1. The zero-order valence-corrected chi connectivity index (χ0v) is 23.9. The lowest BCUT2D eigenvalue weighted by atomic mass is 9.83. The van der Waals surface area contributed by atoms with E-state index in [2.05, 4.69) is 74.3 Å². The van der Waals surface area contributed by atoms with Crippen molar-refractivity contribution in [3.63, 3.8) is 0 Å². The van der Waals surface area contributed by atoms with Gasteiger partial charge in [0.25, 0.3) is 0 Å². The molecule has 1 saturated heterocycles. The predicted octanol–water partition coefficient (Wildman–Crippen LogP) is 6.87. The van der Waals surface area contributed by atoms with Gasteiger partial charge in [0, 0.05) is 18.3 Å². The van der Waals surface area contributed by atoms with E-state index in [1.165, 1.54) is 0 Å². The summed E-state index contributed by atoms with van der Waals surface area (Å²) >= 11 is 0. The van der Waals surface area contributed by atoms with Gasteiger partial charge in [-0.15, -0.1) is 6.58 Å². The number of hydrogen-bond acceptors (Lipinski definition) is 4. The molecule has 4 atom stereocenters. The molecule has 1 aliphatic rings. The second-order valence-corrected chi connectivity index (χ2v) is 22.3. The zero-order chi connectivity index (χ0) is 23.8. The van der Waals surface area contributed by atoms with E-state index in [1.54, 1.807) is 0 Å². The van der Waals surface area contributed by atoms with Gasteiger partial charge in [-0.25, -0.2) is 0 Å². The minimum atomic E-state index is -1.98. The van der Waals surface area contributed by atoms with E-state index >= 15 is 0 Å². The molecule has 0 unspecified atom stereocenters. The Morgan fingerprint density at radius 2 is 1.40 bits per heavy atom. The first-order valence-electron chi connectivity index (χ1n) is 11.5. The second kappa shape index (κ2) is 9.48. The van der Waals surface area contributed by atoms with E-state index in [0.29, 0.717) is 6.42 Å². The van der Waals surface area contributed by atoms with Gasteiger partial charge >= 0.3 is 0 Å². The fourth-order valence-corrected chi connectivity index (χ4v) is 5.58. The van der Waals surface area contributed by atoms with Crippen LogP contribution in [-0.2, 0) is 13.6 Å². The molecule has 6 heteroatoms. The Kier molecular flexibility index (Phi) is 8.86. The quantitative estimate of drug-likeness (QED) is 0.318. The van der Waals surface area contributed by atoms with E-state index < -0.39 is 22.7 Å². The van der Waals surface area contributed by atoms with Crippen molar-refractivity contribution < 1.29 is 18.7 Å². The summed E-state index contributed by atoms with van der Waals surface area (Å²) in [5, 5.41) is 11.1. The van der Waals surface area contributed by atoms with Crippen molar-refractivity contribution >= 4 is 16.6 Å². The summed E-state index contributed by atoms with van der Waals surface area (Å²) in [6, 6.07) is 0. The second-order valence-electron chi connectivity index (χ2n) is 12.8. The van der Waals surface area contributed by atoms with Crippen LogP contribution in [0.15, 0.2) is 12.7 Å². The summed E-state index contributed by atoms with van der Waals surface area (Å²) in [5.41, 5.74) is -0.355.